The average molecular weight is 191 g/mol. The molecule has 0 aromatic carbocycles. The van der Waals surface area contributed by atoms with Gasteiger partial charge in [-0.05, 0) is 18.1 Å². The molecule has 0 unspecified atom stereocenters. The summed E-state index contributed by atoms with van der Waals surface area (Å²) in [6.07, 6.45) is 14.2. The van der Waals surface area contributed by atoms with Crippen LogP contribution >= 0.6 is 11.8 Å². The summed E-state index contributed by atoms with van der Waals surface area (Å²) >= 11 is 1.95. The molecule has 0 saturated heterocycles. The van der Waals surface area contributed by atoms with E-state index in [1.165, 1.54) is 36.2 Å². The lowest BCUT2D eigenvalue weighted by molar-refractivity contribution is 0.712. The van der Waals surface area contributed by atoms with Gasteiger partial charge in [-0.3, -0.25) is 0 Å². The lowest BCUT2D eigenvalue weighted by Crippen LogP contribution is -1.83. The van der Waals surface area contributed by atoms with Crippen molar-refractivity contribution < 1.29 is 0 Å². The lowest BCUT2D eigenvalue weighted by Gasteiger charge is -2.04. The van der Waals surface area contributed by atoms with Gasteiger partial charge in [-0.25, -0.2) is 0 Å². The molecule has 0 bridgehead atoms. The van der Waals surface area contributed by atoms with Crippen LogP contribution in [0.5, 0.6) is 0 Å². The first-order valence-electron chi connectivity index (χ1n) is 5.04. The first-order valence-corrected chi connectivity index (χ1v) is 5.86. The topological polar surface area (TPSA) is 0 Å². The standard InChI is InChI=1S/C12H15S/c1-2-3-4-7-11-9-10-6-5-8-12(10)13-11/h5-6,8-9H,2-4,7H2,1H3. The molecule has 0 amide bonds. The van der Waals surface area contributed by atoms with Gasteiger partial charge < -0.3 is 0 Å². The molecule has 1 aliphatic heterocycles. The van der Waals surface area contributed by atoms with Gasteiger partial charge in [-0.2, -0.15) is 0 Å². The molecule has 2 aliphatic rings. The van der Waals surface area contributed by atoms with Crippen LogP contribution in [0.15, 0.2) is 34.8 Å². The number of hydrogen-bond acceptors (Lipinski definition) is 1. The normalized spacial score (nSPS) is 20.4. The van der Waals surface area contributed by atoms with Crippen molar-refractivity contribution in [3.8, 4) is 0 Å². The Hall–Kier alpha value is -0.430. The van der Waals surface area contributed by atoms with Gasteiger partial charge in [0.15, 0.2) is 0 Å². The van der Waals surface area contributed by atoms with E-state index in [9.17, 15) is 0 Å². The molecule has 0 saturated carbocycles. The molecule has 13 heavy (non-hydrogen) atoms. The van der Waals surface area contributed by atoms with Crippen molar-refractivity contribution in [2.45, 2.75) is 32.6 Å². The highest BCUT2D eigenvalue weighted by Gasteiger charge is 2.21. The molecule has 0 aromatic rings. The molecule has 0 N–H and O–H groups in total. The summed E-state index contributed by atoms with van der Waals surface area (Å²) in [5.74, 6) is 0. The minimum atomic E-state index is 1.27. The van der Waals surface area contributed by atoms with E-state index < -0.39 is 0 Å². The van der Waals surface area contributed by atoms with Crippen LogP contribution < -0.4 is 0 Å². The Morgan fingerprint density at radius 1 is 1.31 bits per heavy atom. The smallest absolute Gasteiger partial charge is 0.0580 e. The zero-order valence-corrected chi connectivity index (χ0v) is 8.86. The van der Waals surface area contributed by atoms with Crippen LogP contribution in [-0.2, 0) is 0 Å². The van der Waals surface area contributed by atoms with Crippen LogP contribution in [0.3, 0.4) is 0 Å². The average Bonchev–Trinajstić information content (AvgIpc) is 2.64. The van der Waals surface area contributed by atoms with Crippen molar-refractivity contribution in [1.29, 1.82) is 0 Å². The van der Waals surface area contributed by atoms with Gasteiger partial charge in [0.1, 0.15) is 0 Å². The Kier molecular flexibility index (Phi) is 2.94. The molecule has 1 aliphatic carbocycles. The molecule has 1 heteroatoms. The highest BCUT2D eigenvalue weighted by atomic mass is 32.2. The molecule has 0 aromatic heterocycles. The van der Waals surface area contributed by atoms with Crippen LogP contribution in [0, 0.1) is 5.25 Å². The van der Waals surface area contributed by atoms with Crippen molar-refractivity contribution in [3.05, 3.63) is 40.0 Å². The zero-order chi connectivity index (χ0) is 9.10. The number of unbranched alkanes of at least 4 members (excludes halogenated alkanes) is 2. The summed E-state index contributed by atoms with van der Waals surface area (Å²) in [6, 6.07) is 0. The largest absolute Gasteiger partial charge is 0.113 e. The molecule has 0 atom stereocenters. The first kappa shape index (κ1) is 9.14. The maximum atomic E-state index is 2.34. The highest BCUT2D eigenvalue weighted by molar-refractivity contribution is 8.06. The van der Waals surface area contributed by atoms with Crippen LogP contribution in [0.2, 0.25) is 0 Å². The zero-order valence-electron chi connectivity index (χ0n) is 8.05. The van der Waals surface area contributed by atoms with E-state index >= 15 is 0 Å². The predicted octanol–water partition coefficient (Wildman–Crippen LogP) is 4.23. The molecule has 2 rings (SSSR count). The van der Waals surface area contributed by atoms with Crippen LogP contribution in [-0.4, -0.2) is 0 Å². The molecule has 0 nitrogen and oxygen atoms in total. The maximum Gasteiger partial charge on any atom is 0.0580 e. The summed E-state index contributed by atoms with van der Waals surface area (Å²) in [7, 11) is 0. The van der Waals surface area contributed by atoms with Crippen LogP contribution in [0.25, 0.3) is 0 Å². The molecule has 0 spiro atoms. The molecular formula is C12H15S. The third-order valence-corrected chi connectivity index (χ3v) is 3.57. The third-order valence-electron chi connectivity index (χ3n) is 2.39. The SMILES string of the molecule is CCCCC[C]1C=C2C=CC=C2S1. The Morgan fingerprint density at radius 2 is 2.23 bits per heavy atom. The van der Waals surface area contributed by atoms with Gasteiger partial charge in [0.25, 0.3) is 0 Å². The van der Waals surface area contributed by atoms with E-state index in [2.05, 4.69) is 31.2 Å². The Morgan fingerprint density at radius 3 is 3.00 bits per heavy atom. The summed E-state index contributed by atoms with van der Waals surface area (Å²) < 4.78 is 0. The first-order chi connectivity index (χ1) is 6.40. The summed E-state index contributed by atoms with van der Waals surface area (Å²) in [5.41, 5.74) is 1.43. The second kappa shape index (κ2) is 4.19. The van der Waals surface area contributed by atoms with Crippen molar-refractivity contribution >= 4 is 11.8 Å². The van der Waals surface area contributed by atoms with E-state index in [4.69, 9.17) is 0 Å². The molecular weight excluding hydrogens is 176 g/mol. The fourth-order valence-corrected chi connectivity index (χ4v) is 2.75. The maximum absolute atomic E-state index is 2.34. The van der Waals surface area contributed by atoms with Gasteiger partial charge in [0, 0.05) is 4.91 Å². The second-order valence-corrected chi connectivity index (χ2v) is 4.68. The van der Waals surface area contributed by atoms with Gasteiger partial charge >= 0.3 is 0 Å². The summed E-state index contributed by atoms with van der Waals surface area (Å²) in [4.78, 5) is 1.45. The van der Waals surface area contributed by atoms with Crippen LogP contribution in [0.4, 0.5) is 0 Å². The predicted molar refractivity (Wildman–Crippen MR) is 60.3 cm³/mol. The molecule has 0 fully saturated rings. The van der Waals surface area contributed by atoms with E-state index in [0.717, 1.165) is 0 Å². The van der Waals surface area contributed by atoms with E-state index in [1.807, 2.05) is 11.8 Å². The lowest BCUT2D eigenvalue weighted by atomic mass is 10.1. The minimum Gasteiger partial charge on any atom is -0.113 e. The number of thioether (sulfide) groups is 1. The number of allylic oxidation sites excluding steroid dienone is 4. The quantitative estimate of drug-likeness (QED) is 0.599. The van der Waals surface area contributed by atoms with Crippen molar-refractivity contribution in [3.63, 3.8) is 0 Å². The van der Waals surface area contributed by atoms with E-state index in [0.29, 0.717) is 0 Å². The van der Waals surface area contributed by atoms with Gasteiger partial charge in [-0.15, -0.1) is 11.8 Å². The Balaban J connectivity index is 1.82. The second-order valence-electron chi connectivity index (χ2n) is 3.52. The molecule has 69 valence electrons. The number of fused-ring (bicyclic) bond motifs is 1. The number of rotatable bonds is 4. The van der Waals surface area contributed by atoms with Crippen molar-refractivity contribution in [2.75, 3.05) is 0 Å². The van der Waals surface area contributed by atoms with E-state index in [-0.39, 0.29) is 0 Å². The molecule has 1 radical (unpaired) electrons. The monoisotopic (exact) mass is 191 g/mol. The van der Waals surface area contributed by atoms with E-state index in [1.54, 1.807) is 5.25 Å². The van der Waals surface area contributed by atoms with Gasteiger partial charge in [0.05, 0.1) is 5.25 Å². The fraction of sp³-hybridized carbons (Fsp3) is 0.417. The van der Waals surface area contributed by atoms with Crippen molar-refractivity contribution in [2.24, 2.45) is 0 Å². The Bertz CT molecular complexity index is 271. The fourth-order valence-electron chi connectivity index (χ4n) is 1.65. The minimum absolute atomic E-state index is 1.27. The van der Waals surface area contributed by atoms with Gasteiger partial charge in [0.2, 0.25) is 0 Å². The van der Waals surface area contributed by atoms with Crippen molar-refractivity contribution in [1.82, 2.24) is 0 Å². The summed E-state index contributed by atoms with van der Waals surface area (Å²) in [5, 5.41) is 1.55. The number of hydrogen-bond donors (Lipinski definition) is 0. The van der Waals surface area contributed by atoms with Gasteiger partial charge in [-0.1, -0.05) is 44.4 Å². The highest BCUT2D eigenvalue weighted by Crippen LogP contribution is 2.46. The summed E-state index contributed by atoms with van der Waals surface area (Å²) in [6.45, 7) is 2.25. The Labute approximate surface area is 84.8 Å². The molecule has 1 heterocycles. The van der Waals surface area contributed by atoms with Crippen LogP contribution in [0.1, 0.15) is 32.6 Å². The third kappa shape index (κ3) is 2.08.